The van der Waals surface area contributed by atoms with E-state index in [9.17, 15) is 0 Å². The van der Waals surface area contributed by atoms with Crippen LogP contribution in [-0.2, 0) is 4.74 Å². The van der Waals surface area contributed by atoms with Gasteiger partial charge in [-0.2, -0.15) is 4.98 Å². The molecule has 5 nitrogen and oxygen atoms in total. The van der Waals surface area contributed by atoms with Crippen LogP contribution < -0.4 is 15.8 Å². The number of pyridine rings is 1. The molecular weight excluding hydrogens is 230 g/mol. The van der Waals surface area contributed by atoms with Crippen LogP contribution in [0.15, 0.2) is 12.1 Å². The van der Waals surface area contributed by atoms with Crippen molar-refractivity contribution in [2.45, 2.75) is 19.8 Å². The number of rotatable bonds is 5. The van der Waals surface area contributed by atoms with Gasteiger partial charge in [0.15, 0.2) is 0 Å². The summed E-state index contributed by atoms with van der Waals surface area (Å²) in [5, 5.41) is 3.31. The molecule has 1 atom stereocenters. The molecule has 5 heteroatoms. The number of nitrogen functional groups attached to an aromatic ring is 1. The van der Waals surface area contributed by atoms with Crippen molar-refractivity contribution in [3.8, 4) is 5.88 Å². The molecule has 1 saturated heterocycles. The summed E-state index contributed by atoms with van der Waals surface area (Å²) >= 11 is 0. The molecule has 1 aromatic heterocycles. The second-order valence-corrected chi connectivity index (χ2v) is 4.49. The maximum atomic E-state index is 5.78. The van der Waals surface area contributed by atoms with Crippen LogP contribution in [0.2, 0.25) is 0 Å². The third-order valence-corrected chi connectivity index (χ3v) is 3.00. The SMILES string of the molecule is CCOc1nc(NCC2CCCOC2)ccc1N. The summed E-state index contributed by atoms with van der Waals surface area (Å²) < 4.78 is 10.8. The summed E-state index contributed by atoms with van der Waals surface area (Å²) in [4.78, 5) is 4.35. The smallest absolute Gasteiger partial charge is 0.239 e. The van der Waals surface area contributed by atoms with E-state index in [0.29, 0.717) is 24.1 Å². The Morgan fingerprint density at radius 3 is 3.17 bits per heavy atom. The zero-order valence-electron chi connectivity index (χ0n) is 10.8. The van der Waals surface area contributed by atoms with Gasteiger partial charge in [0.05, 0.1) is 18.9 Å². The number of nitrogens with one attached hydrogen (secondary N) is 1. The first-order chi connectivity index (χ1) is 8.79. The van der Waals surface area contributed by atoms with Gasteiger partial charge in [-0.05, 0) is 37.8 Å². The van der Waals surface area contributed by atoms with E-state index < -0.39 is 0 Å². The summed E-state index contributed by atoms with van der Waals surface area (Å²) in [7, 11) is 0. The largest absolute Gasteiger partial charge is 0.476 e. The second kappa shape index (κ2) is 6.44. The average molecular weight is 251 g/mol. The highest BCUT2D eigenvalue weighted by atomic mass is 16.5. The molecule has 0 saturated carbocycles. The first-order valence-corrected chi connectivity index (χ1v) is 6.50. The van der Waals surface area contributed by atoms with Crippen LogP contribution in [0.25, 0.3) is 0 Å². The Morgan fingerprint density at radius 2 is 2.44 bits per heavy atom. The lowest BCUT2D eigenvalue weighted by molar-refractivity contribution is 0.0595. The maximum Gasteiger partial charge on any atom is 0.239 e. The number of aromatic nitrogens is 1. The molecule has 1 aromatic rings. The number of anilines is 2. The van der Waals surface area contributed by atoms with Crippen LogP contribution in [0.4, 0.5) is 11.5 Å². The molecule has 2 heterocycles. The Morgan fingerprint density at radius 1 is 1.56 bits per heavy atom. The fraction of sp³-hybridized carbons (Fsp3) is 0.615. The highest BCUT2D eigenvalue weighted by Gasteiger charge is 2.13. The fourth-order valence-electron chi connectivity index (χ4n) is 2.02. The van der Waals surface area contributed by atoms with Gasteiger partial charge in [-0.3, -0.25) is 0 Å². The third kappa shape index (κ3) is 3.50. The predicted molar refractivity (Wildman–Crippen MR) is 71.9 cm³/mol. The zero-order valence-corrected chi connectivity index (χ0v) is 10.8. The standard InChI is InChI=1S/C13H21N3O2/c1-2-18-13-11(14)5-6-12(16-13)15-8-10-4-3-7-17-9-10/h5-6,10H,2-4,7-9,14H2,1H3,(H,15,16). The van der Waals surface area contributed by atoms with Crippen molar-refractivity contribution in [1.29, 1.82) is 0 Å². The van der Waals surface area contributed by atoms with Crippen molar-refractivity contribution >= 4 is 11.5 Å². The summed E-state index contributed by atoms with van der Waals surface area (Å²) in [5.74, 6) is 1.87. The molecule has 18 heavy (non-hydrogen) atoms. The van der Waals surface area contributed by atoms with Gasteiger partial charge in [-0.25, -0.2) is 0 Å². The molecule has 1 aliphatic rings. The molecule has 100 valence electrons. The summed E-state index contributed by atoms with van der Waals surface area (Å²) in [6.07, 6.45) is 2.35. The molecule has 1 fully saturated rings. The van der Waals surface area contributed by atoms with Crippen LogP contribution in [0.3, 0.4) is 0 Å². The average Bonchev–Trinajstić information content (AvgIpc) is 2.41. The predicted octanol–water partition coefficient (Wildman–Crippen LogP) is 1.90. The van der Waals surface area contributed by atoms with Crippen molar-refractivity contribution in [3.63, 3.8) is 0 Å². The van der Waals surface area contributed by atoms with Crippen molar-refractivity contribution in [2.24, 2.45) is 5.92 Å². The van der Waals surface area contributed by atoms with Gasteiger partial charge >= 0.3 is 0 Å². The van der Waals surface area contributed by atoms with Crippen molar-refractivity contribution in [2.75, 3.05) is 37.4 Å². The first-order valence-electron chi connectivity index (χ1n) is 6.50. The Balaban J connectivity index is 1.90. The van der Waals surface area contributed by atoms with E-state index in [1.54, 1.807) is 0 Å². The monoisotopic (exact) mass is 251 g/mol. The van der Waals surface area contributed by atoms with Crippen LogP contribution >= 0.6 is 0 Å². The number of hydrogen-bond acceptors (Lipinski definition) is 5. The molecule has 0 radical (unpaired) electrons. The lowest BCUT2D eigenvalue weighted by atomic mass is 10.0. The van der Waals surface area contributed by atoms with Gasteiger partial charge in [-0.1, -0.05) is 0 Å². The second-order valence-electron chi connectivity index (χ2n) is 4.49. The molecule has 2 rings (SSSR count). The van der Waals surface area contributed by atoms with E-state index in [0.717, 1.165) is 32.0 Å². The van der Waals surface area contributed by atoms with Crippen LogP contribution in [0, 0.1) is 5.92 Å². The van der Waals surface area contributed by atoms with Gasteiger partial charge in [0, 0.05) is 13.2 Å². The quantitative estimate of drug-likeness (QED) is 0.836. The van der Waals surface area contributed by atoms with Gasteiger partial charge in [0.2, 0.25) is 5.88 Å². The summed E-state index contributed by atoms with van der Waals surface area (Å²) in [6.45, 7) is 5.09. The van der Waals surface area contributed by atoms with Gasteiger partial charge in [-0.15, -0.1) is 0 Å². The lowest BCUT2D eigenvalue weighted by Gasteiger charge is -2.22. The highest BCUT2D eigenvalue weighted by Crippen LogP contribution is 2.21. The van der Waals surface area contributed by atoms with E-state index in [1.165, 1.54) is 6.42 Å². The number of ether oxygens (including phenoxy) is 2. The van der Waals surface area contributed by atoms with E-state index in [1.807, 2.05) is 19.1 Å². The molecule has 0 bridgehead atoms. The number of nitrogens with two attached hydrogens (primary N) is 1. The minimum Gasteiger partial charge on any atom is -0.476 e. The molecule has 1 unspecified atom stereocenters. The molecule has 3 N–H and O–H groups in total. The Bertz CT molecular complexity index is 378. The van der Waals surface area contributed by atoms with Crippen LogP contribution in [0.1, 0.15) is 19.8 Å². The lowest BCUT2D eigenvalue weighted by Crippen LogP contribution is -2.24. The Hall–Kier alpha value is -1.49. The van der Waals surface area contributed by atoms with Gasteiger partial charge in [0.1, 0.15) is 5.82 Å². The zero-order chi connectivity index (χ0) is 12.8. The summed E-state index contributed by atoms with van der Waals surface area (Å²) in [6, 6.07) is 3.69. The Kier molecular flexibility index (Phi) is 4.64. The Labute approximate surface area is 108 Å². The molecular formula is C13H21N3O2. The van der Waals surface area contributed by atoms with E-state index >= 15 is 0 Å². The fourth-order valence-corrected chi connectivity index (χ4v) is 2.02. The van der Waals surface area contributed by atoms with E-state index in [2.05, 4.69) is 10.3 Å². The van der Waals surface area contributed by atoms with Gasteiger partial charge in [0.25, 0.3) is 0 Å². The topological polar surface area (TPSA) is 69.4 Å². The highest BCUT2D eigenvalue weighted by molar-refractivity contribution is 5.53. The molecule has 0 spiro atoms. The normalized spacial score (nSPS) is 19.5. The summed E-state index contributed by atoms with van der Waals surface area (Å²) in [5.41, 5.74) is 6.35. The third-order valence-electron chi connectivity index (χ3n) is 3.00. The van der Waals surface area contributed by atoms with Crippen molar-refractivity contribution in [3.05, 3.63) is 12.1 Å². The van der Waals surface area contributed by atoms with Gasteiger partial charge < -0.3 is 20.5 Å². The minimum absolute atomic E-state index is 0.502. The van der Waals surface area contributed by atoms with Crippen LogP contribution in [0.5, 0.6) is 5.88 Å². The van der Waals surface area contributed by atoms with E-state index in [-0.39, 0.29) is 0 Å². The first kappa shape index (κ1) is 13.0. The number of hydrogen-bond donors (Lipinski definition) is 2. The molecule has 0 amide bonds. The number of nitrogens with zero attached hydrogens (tertiary/aromatic N) is 1. The van der Waals surface area contributed by atoms with Crippen molar-refractivity contribution in [1.82, 2.24) is 4.98 Å². The molecule has 0 aliphatic carbocycles. The minimum atomic E-state index is 0.502. The van der Waals surface area contributed by atoms with Crippen molar-refractivity contribution < 1.29 is 9.47 Å². The maximum absolute atomic E-state index is 5.78. The molecule has 0 aromatic carbocycles. The molecule has 1 aliphatic heterocycles. The van der Waals surface area contributed by atoms with Crippen LogP contribution in [-0.4, -0.2) is 31.3 Å². The van der Waals surface area contributed by atoms with E-state index in [4.69, 9.17) is 15.2 Å².